The number of nitro groups is 1. The van der Waals surface area contributed by atoms with Gasteiger partial charge in [-0.25, -0.2) is 9.97 Å². The summed E-state index contributed by atoms with van der Waals surface area (Å²) in [6.45, 7) is 2.15. The molecule has 3 fully saturated rings. The number of halogens is 1. The highest BCUT2D eigenvalue weighted by Gasteiger charge is 2.48. The Morgan fingerprint density at radius 1 is 1.31 bits per heavy atom. The van der Waals surface area contributed by atoms with E-state index in [4.69, 9.17) is 20.8 Å². The molecule has 2 heterocycles. The number of ether oxygens (including phenoxy) is 1. The summed E-state index contributed by atoms with van der Waals surface area (Å²) in [5.74, 6) is 0.515. The number of carbonyl (C=O) groups is 1. The molecular weight excluding hydrogens is 400 g/mol. The van der Waals surface area contributed by atoms with E-state index in [0.29, 0.717) is 30.0 Å². The van der Waals surface area contributed by atoms with Crippen molar-refractivity contribution in [1.29, 1.82) is 0 Å². The van der Waals surface area contributed by atoms with Gasteiger partial charge in [-0.1, -0.05) is 0 Å². The number of furan rings is 1. The highest BCUT2D eigenvalue weighted by atomic mass is 35.5. The maximum absolute atomic E-state index is 12.6. The number of nitrogens with one attached hydrogen (secondary N) is 1. The van der Waals surface area contributed by atoms with Crippen LogP contribution in [0.15, 0.2) is 22.6 Å². The summed E-state index contributed by atoms with van der Waals surface area (Å²) >= 11 is 6.09. The average Bonchev–Trinajstić information content (AvgIpc) is 3.19. The molecule has 9 nitrogen and oxygen atoms in total. The molecule has 3 saturated carbocycles. The molecule has 0 aromatic carbocycles. The van der Waals surface area contributed by atoms with Crippen LogP contribution in [0, 0.1) is 27.9 Å². The van der Waals surface area contributed by atoms with E-state index in [1.807, 2.05) is 0 Å². The Morgan fingerprint density at radius 3 is 2.69 bits per heavy atom. The zero-order chi connectivity index (χ0) is 20.5. The van der Waals surface area contributed by atoms with Crippen molar-refractivity contribution in [3.05, 3.63) is 33.6 Å². The van der Waals surface area contributed by atoms with Crippen LogP contribution in [-0.4, -0.2) is 33.5 Å². The molecule has 1 N–H and O–H groups in total. The zero-order valence-corrected chi connectivity index (χ0v) is 16.6. The van der Waals surface area contributed by atoms with Gasteiger partial charge in [0.05, 0.1) is 18.6 Å². The Morgan fingerprint density at radius 2 is 2.03 bits per heavy atom. The van der Waals surface area contributed by atoms with Crippen molar-refractivity contribution in [1.82, 2.24) is 9.97 Å². The number of nitrogens with zero attached hydrogens (tertiary/aromatic N) is 3. The summed E-state index contributed by atoms with van der Waals surface area (Å²) in [6.07, 6.45) is 4.15. The summed E-state index contributed by atoms with van der Waals surface area (Å²) < 4.78 is 10.5. The highest BCUT2D eigenvalue weighted by Crippen LogP contribution is 2.46. The van der Waals surface area contributed by atoms with Crippen LogP contribution in [-0.2, 0) is 9.53 Å². The van der Waals surface area contributed by atoms with Crippen LogP contribution in [0.25, 0.3) is 11.5 Å². The molecular formula is C19H21ClN4O5. The van der Waals surface area contributed by atoms with Crippen molar-refractivity contribution >= 4 is 29.3 Å². The summed E-state index contributed by atoms with van der Waals surface area (Å²) in [5.41, 5.74) is 0.328. The Kier molecular flexibility index (Phi) is 5.40. The van der Waals surface area contributed by atoms with Crippen LogP contribution in [0.2, 0.25) is 5.28 Å². The third kappa shape index (κ3) is 3.91. The summed E-state index contributed by atoms with van der Waals surface area (Å²) in [7, 11) is 0. The molecule has 2 atom stereocenters. The van der Waals surface area contributed by atoms with Gasteiger partial charge in [0.1, 0.15) is 16.4 Å². The standard InChI is InChI=1S/C19H21ClN4O5/c1-2-28-18(25)16-10-3-5-11(6-4-10)17(16)22-14-9-12(21-19(20)23-14)13-7-8-15(29-13)24(26)27/h7-11,16-17H,2-6H2,1H3,(H,21,22,23)/t10?,11?,16-,17-/m1/s1. The average molecular weight is 421 g/mol. The number of hydrogen-bond acceptors (Lipinski definition) is 8. The van der Waals surface area contributed by atoms with E-state index in [2.05, 4.69) is 15.3 Å². The van der Waals surface area contributed by atoms with Gasteiger partial charge in [-0.2, -0.15) is 0 Å². The van der Waals surface area contributed by atoms with Gasteiger partial charge < -0.3 is 14.5 Å². The lowest BCUT2D eigenvalue weighted by Crippen LogP contribution is -2.52. The first-order valence-electron chi connectivity index (χ1n) is 9.68. The van der Waals surface area contributed by atoms with E-state index in [1.54, 1.807) is 13.0 Å². The van der Waals surface area contributed by atoms with E-state index in [0.717, 1.165) is 25.7 Å². The van der Waals surface area contributed by atoms with Gasteiger partial charge in [-0.3, -0.25) is 14.9 Å². The Balaban J connectivity index is 1.61. The minimum Gasteiger partial charge on any atom is -0.466 e. The molecule has 10 heteroatoms. The fourth-order valence-electron chi connectivity index (χ4n) is 4.59. The largest absolute Gasteiger partial charge is 0.466 e. The quantitative estimate of drug-likeness (QED) is 0.321. The van der Waals surface area contributed by atoms with E-state index >= 15 is 0 Å². The van der Waals surface area contributed by atoms with Gasteiger partial charge in [-0.05, 0) is 62.1 Å². The van der Waals surface area contributed by atoms with Gasteiger partial charge in [0.25, 0.3) is 0 Å². The number of aromatic nitrogens is 2. The molecule has 0 amide bonds. The Hall–Kier alpha value is -2.68. The van der Waals surface area contributed by atoms with E-state index in [1.165, 1.54) is 12.1 Å². The first-order valence-corrected chi connectivity index (χ1v) is 10.1. The minimum absolute atomic E-state index is 0.0160. The molecule has 2 aromatic rings. The van der Waals surface area contributed by atoms with Crippen molar-refractivity contribution in [3.8, 4) is 11.5 Å². The van der Waals surface area contributed by atoms with Gasteiger partial charge in [0.15, 0.2) is 5.76 Å². The number of anilines is 1. The molecule has 154 valence electrons. The van der Waals surface area contributed by atoms with Crippen molar-refractivity contribution in [2.75, 3.05) is 11.9 Å². The second-order valence-electron chi connectivity index (χ2n) is 7.43. The molecule has 0 saturated heterocycles. The number of carbonyl (C=O) groups excluding carboxylic acids is 1. The van der Waals surface area contributed by atoms with Gasteiger partial charge in [0.2, 0.25) is 5.28 Å². The maximum Gasteiger partial charge on any atom is 0.433 e. The molecule has 3 aliphatic carbocycles. The Labute approximate surface area is 172 Å². The predicted octanol–water partition coefficient (Wildman–Crippen LogP) is 4.08. The van der Waals surface area contributed by atoms with Crippen LogP contribution in [0.4, 0.5) is 11.7 Å². The first-order chi connectivity index (χ1) is 14.0. The molecule has 2 bridgehead atoms. The molecule has 5 rings (SSSR count). The van der Waals surface area contributed by atoms with Crippen LogP contribution >= 0.6 is 11.6 Å². The second-order valence-corrected chi connectivity index (χ2v) is 7.76. The maximum atomic E-state index is 12.6. The van der Waals surface area contributed by atoms with Gasteiger partial charge in [-0.15, -0.1) is 0 Å². The topological polar surface area (TPSA) is 120 Å². The summed E-state index contributed by atoms with van der Waals surface area (Å²) in [4.78, 5) is 31.2. The third-order valence-electron chi connectivity index (χ3n) is 5.82. The van der Waals surface area contributed by atoms with E-state index in [-0.39, 0.29) is 34.9 Å². The van der Waals surface area contributed by atoms with Crippen LogP contribution in [0.1, 0.15) is 32.6 Å². The van der Waals surface area contributed by atoms with Crippen LogP contribution in [0.3, 0.4) is 0 Å². The smallest absolute Gasteiger partial charge is 0.433 e. The van der Waals surface area contributed by atoms with Crippen molar-refractivity contribution in [2.24, 2.45) is 17.8 Å². The normalized spacial score (nSPS) is 25.6. The number of hydrogen-bond donors (Lipinski definition) is 1. The molecule has 0 radical (unpaired) electrons. The van der Waals surface area contributed by atoms with Crippen LogP contribution < -0.4 is 5.32 Å². The van der Waals surface area contributed by atoms with Crippen molar-refractivity contribution < 1.29 is 18.9 Å². The van der Waals surface area contributed by atoms with Crippen molar-refractivity contribution in [3.63, 3.8) is 0 Å². The van der Waals surface area contributed by atoms with E-state index in [9.17, 15) is 14.9 Å². The SMILES string of the molecule is CCOC(=O)[C@@H]1C2CCC(CC2)[C@H]1Nc1cc(-c2ccc([N+](=O)[O-])o2)nc(Cl)n1. The van der Waals surface area contributed by atoms with E-state index < -0.39 is 4.92 Å². The molecule has 0 aliphatic heterocycles. The third-order valence-corrected chi connectivity index (χ3v) is 5.98. The first kappa shape index (κ1) is 19.6. The van der Waals surface area contributed by atoms with Gasteiger partial charge >= 0.3 is 11.9 Å². The lowest BCUT2D eigenvalue weighted by Gasteiger charge is -2.47. The fourth-order valence-corrected chi connectivity index (χ4v) is 4.77. The lowest BCUT2D eigenvalue weighted by molar-refractivity contribution is -0.401. The highest BCUT2D eigenvalue weighted by molar-refractivity contribution is 6.28. The monoisotopic (exact) mass is 420 g/mol. The minimum atomic E-state index is -0.617. The predicted molar refractivity (Wildman–Crippen MR) is 104 cm³/mol. The number of esters is 1. The fraction of sp³-hybridized carbons (Fsp3) is 0.526. The molecule has 0 unspecified atom stereocenters. The summed E-state index contributed by atoms with van der Waals surface area (Å²) in [6, 6.07) is 4.24. The van der Waals surface area contributed by atoms with Crippen LogP contribution in [0.5, 0.6) is 0 Å². The zero-order valence-electron chi connectivity index (χ0n) is 15.8. The number of rotatable bonds is 6. The van der Waals surface area contributed by atoms with Gasteiger partial charge in [0, 0.05) is 12.1 Å². The molecule has 2 aromatic heterocycles. The van der Waals surface area contributed by atoms with Crippen molar-refractivity contribution in [2.45, 2.75) is 38.6 Å². The lowest BCUT2D eigenvalue weighted by atomic mass is 9.61. The molecule has 0 spiro atoms. The molecule has 29 heavy (non-hydrogen) atoms. The Bertz CT molecular complexity index is 925. The molecule has 3 aliphatic rings. The number of fused-ring (bicyclic) bond motifs is 3. The second kappa shape index (κ2) is 7.98. The summed E-state index contributed by atoms with van der Waals surface area (Å²) in [5, 5.41) is 14.2.